The molecule has 0 radical (unpaired) electrons. The average Bonchev–Trinajstić information content (AvgIpc) is 3.07. The molecule has 132 valence electrons. The van der Waals surface area contributed by atoms with Gasteiger partial charge in [0.1, 0.15) is 5.75 Å². The summed E-state index contributed by atoms with van der Waals surface area (Å²) in [7, 11) is 0. The zero-order valence-corrected chi connectivity index (χ0v) is 15.2. The Bertz CT molecular complexity index is 711. The minimum atomic E-state index is 0.212. The van der Waals surface area contributed by atoms with Gasteiger partial charge in [-0.2, -0.15) is 0 Å². The van der Waals surface area contributed by atoms with Gasteiger partial charge >= 0.3 is 0 Å². The van der Waals surface area contributed by atoms with Gasteiger partial charge in [0.05, 0.1) is 13.0 Å². The van der Waals surface area contributed by atoms with Crippen molar-refractivity contribution in [2.75, 3.05) is 13.2 Å². The fourth-order valence-electron chi connectivity index (χ4n) is 3.52. The van der Waals surface area contributed by atoms with Crippen LogP contribution in [0.5, 0.6) is 5.75 Å². The number of amides is 1. The summed E-state index contributed by atoms with van der Waals surface area (Å²) in [4.78, 5) is 14.7. The highest BCUT2D eigenvalue weighted by molar-refractivity contribution is 5.77. The summed E-state index contributed by atoms with van der Waals surface area (Å²) in [6.45, 7) is 5.40. The van der Waals surface area contributed by atoms with E-state index >= 15 is 0 Å². The molecule has 1 saturated heterocycles. The molecule has 2 aromatic rings. The third-order valence-corrected chi connectivity index (χ3v) is 4.93. The van der Waals surface area contributed by atoms with E-state index in [0.29, 0.717) is 19.1 Å². The maximum Gasteiger partial charge on any atom is 0.226 e. The third-order valence-electron chi connectivity index (χ3n) is 4.93. The predicted molar refractivity (Wildman–Crippen MR) is 101 cm³/mol. The van der Waals surface area contributed by atoms with Crippen molar-refractivity contribution in [3.05, 3.63) is 65.2 Å². The number of nitrogens with zero attached hydrogens (tertiary/aromatic N) is 1. The average molecular weight is 337 g/mol. The molecule has 1 aliphatic heterocycles. The molecule has 0 spiro atoms. The lowest BCUT2D eigenvalue weighted by molar-refractivity contribution is -0.132. The summed E-state index contributed by atoms with van der Waals surface area (Å²) in [6.07, 6.45) is 3.59. The van der Waals surface area contributed by atoms with E-state index in [9.17, 15) is 4.79 Å². The normalized spacial score (nSPS) is 16.9. The van der Waals surface area contributed by atoms with Gasteiger partial charge in [-0.25, -0.2) is 0 Å². The fraction of sp³-hybridized carbons (Fsp3) is 0.409. The van der Waals surface area contributed by atoms with E-state index in [4.69, 9.17) is 4.74 Å². The second-order valence-electron chi connectivity index (χ2n) is 6.94. The number of carbonyl (C=O) groups excluding carboxylic acids is 1. The molecule has 0 bridgehead atoms. The van der Waals surface area contributed by atoms with Crippen LogP contribution in [0.25, 0.3) is 0 Å². The molecule has 1 unspecified atom stereocenters. The lowest BCUT2D eigenvalue weighted by Gasteiger charge is -2.25. The van der Waals surface area contributed by atoms with E-state index in [1.54, 1.807) is 0 Å². The number of hydrogen-bond acceptors (Lipinski definition) is 2. The van der Waals surface area contributed by atoms with E-state index < -0.39 is 0 Å². The lowest BCUT2D eigenvalue weighted by Crippen LogP contribution is -2.37. The number of likely N-dealkylation sites (tertiary alicyclic amines) is 1. The van der Waals surface area contributed by atoms with E-state index in [-0.39, 0.29) is 5.91 Å². The Morgan fingerprint density at radius 1 is 1.16 bits per heavy atom. The Hall–Kier alpha value is -2.29. The zero-order valence-electron chi connectivity index (χ0n) is 15.2. The predicted octanol–water partition coefficient (Wildman–Crippen LogP) is 4.31. The third kappa shape index (κ3) is 4.62. The van der Waals surface area contributed by atoms with Crippen molar-refractivity contribution < 1.29 is 9.53 Å². The van der Waals surface area contributed by atoms with Gasteiger partial charge in [0.25, 0.3) is 0 Å². The van der Waals surface area contributed by atoms with Crippen LogP contribution in [0.15, 0.2) is 48.5 Å². The first-order valence-corrected chi connectivity index (χ1v) is 9.17. The van der Waals surface area contributed by atoms with Crippen LogP contribution in [-0.2, 0) is 11.2 Å². The zero-order chi connectivity index (χ0) is 17.6. The van der Waals surface area contributed by atoms with E-state index in [2.05, 4.69) is 48.2 Å². The van der Waals surface area contributed by atoms with Crippen molar-refractivity contribution in [1.29, 1.82) is 0 Å². The Morgan fingerprint density at radius 2 is 1.96 bits per heavy atom. The molecular formula is C22H27NO2. The van der Waals surface area contributed by atoms with Crippen molar-refractivity contribution in [3.8, 4) is 5.75 Å². The van der Waals surface area contributed by atoms with Crippen molar-refractivity contribution >= 4 is 5.91 Å². The SMILES string of the molecule is Cc1ccc(C)c(OCCC(=O)N2CCCC2Cc2ccccc2)c1. The van der Waals surface area contributed by atoms with Crippen LogP contribution in [0, 0.1) is 13.8 Å². The fourth-order valence-corrected chi connectivity index (χ4v) is 3.52. The Kier molecular flexibility index (Phi) is 5.75. The molecule has 25 heavy (non-hydrogen) atoms. The number of rotatable bonds is 6. The summed E-state index contributed by atoms with van der Waals surface area (Å²) in [6, 6.07) is 16.9. The molecule has 2 aromatic carbocycles. The molecule has 0 N–H and O–H groups in total. The summed E-state index contributed by atoms with van der Waals surface area (Å²) >= 11 is 0. The first-order chi connectivity index (χ1) is 12.1. The molecule has 1 atom stereocenters. The van der Waals surface area contributed by atoms with Crippen LogP contribution in [0.2, 0.25) is 0 Å². The maximum absolute atomic E-state index is 12.6. The van der Waals surface area contributed by atoms with Gasteiger partial charge in [0, 0.05) is 12.6 Å². The second-order valence-corrected chi connectivity index (χ2v) is 6.94. The van der Waals surface area contributed by atoms with Crippen molar-refractivity contribution in [2.24, 2.45) is 0 Å². The molecule has 3 heteroatoms. The highest BCUT2D eigenvalue weighted by Crippen LogP contribution is 2.23. The topological polar surface area (TPSA) is 29.5 Å². The molecular weight excluding hydrogens is 310 g/mol. The molecule has 0 aliphatic carbocycles. The summed E-state index contributed by atoms with van der Waals surface area (Å²) < 4.78 is 5.85. The minimum absolute atomic E-state index is 0.212. The van der Waals surface area contributed by atoms with E-state index in [1.807, 2.05) is 19.1 Å². The number of aryl methyl sites for hydroxylation is 2. The van der Waals surface area contributed by atoms with E-state index in [1.165, 1.54) is 11.1 Å². The first-order valence-electron chi connectivity index (χ1n) is 9.17. The Morgan fingerprint density at radius 3 is 2.76 bits per heavy atom. The van der Waals surface area contributed by atoms with Gasteiger partial charge in [-0.3, -0.25) is 4.79 Å². The number of benzene rings is 2. The number of hydrogen-bond donors (Lipinski definition) is 0. The largest absolute Gasteiger partial charge is 0.493 e. The highest BCUT2D eigenvalue weighted by atomic mass is 16.5. The number of ether oxygens (including phenoxy) is 1. The van der Waals surface area contributed by atoms with Gasteiger partial charge in [-0.15, -0.1) is 0 Å². The van der Waals surface area contributed by atoms with E-state index in [0.717, 1.165) is 37.1 Å². The summed E-state index contributed by atoms with van der Waals surface area (Å²) in [5.41, 5.74) is 3.59. The van der Waals surface area contributed by atoms with Gasteiger partial charge < -0.3 is 9.64 Å². The van der Waals surface area contributed by atoms with Gasteiger partial charge in [0.15, 0.2) is 0 Å². The smallest absolute Gasteiger partial charge is 0.226 e. The molecule has 1 aliphatic rings. The minimum Gasteiger partial charge on any atom is -0.493 e. The number of carbonyl (C=O) groups is 1. The standard InChI is InChI=1S/C22H27NO2/c1-17-10-11-18(2)21(15-17)25-14-12-22(24)23-13-6-9-20(23)16-19-7-4-3-5-8-19/h3-5,7-8,10-11,15,20H,6,9,12-14,16H2,1-2H3. The van der Waals surface area contributed by atoms with Crippen molar-refractivity contribution in [2.45, 2.75) is 45.6 Å². The second kappa shape index (κ2) is 8.19. The molecule has 1 fully saturated rings. The van der Waals surface area contributed by atoms with Crippen molar-refractivity contribution in [1.82, 2.24) is 4.90 Å². The molecule has 0 aromatic heterocycles. The van der Waals surface area contributed by atoms with Gasteiger partial charge in [-0.05, 0) is 55.9 Å². The highest BCUT2D eigenvalue weighted by Gasteiger charge is 2.28. The molecule has 3 nitrogen and oxygen atoms in total. The van der Waals surface area contributed by atoms with Crippen LogP contribution in [-0.4, -0.2) is 30.0 Å². The van der Waals surface area contributed by atoms with Gasteiger partial charge in [0.2, 0.25) is 5.91 Å². The first kappa shape index (κ1) is 17.5. The molecule has 3 rings (SSSR count). The summed E-state index contributed by atoms with van der Waals surface area (Å²) in [5, 5.41) is 0. The van der Waals surface area contributed by atoms with Crippen LogP contribution >= 0.6 is 0 Å². The maximum atomic E-state index is 12.6. The van der Waals surface area contributed by atoms with Crippen LogP contribution in [0.4, 0.5) is 0 Å². The Labute approximate surface area is 150 Å². The van der Waals surface area contributed by atoms with Gasteiger partial charge in [-0.1, -0.05) is 42.5 Å². The van der Waals surface area contributed by atoms with Crippen molar-refractivity contribution in [3.63, 3.8) is 0 Å². The molecule has 1 amide bonds. The Balaban J connectivity index is 1.52. The molecule has 1 heterocycles. The lowest BCUT2D eigenvalue weighted by atomic mass is 10.0. The summed E-state index contributed by atoms with van der Waals surface area (Å²) in [5.74, 6) is 1.10. The molecule has 0 saturated carbocycles. The van der Waals surface area contributed by atoms with Crippen LogP contribution in [0.1, 0.15) is 36.0 Å². The quantitative estimate of drug-likeness (QED) is 0.786. The van der Waals surface area contributed by atoms with Crippen LogP contribution in [0.3, 0.4) is 0 Å². The van der Waals surface area contributed by atoms with Crippen LogP contribution < -0.4 is 4.74 Å². The monoisotopic (exact) mass is 337 g/mol.